The lowest BCUT2D eigenvalue weighted by Crippen LogP contribution is -2.15. The van der Waals surface area contributed by atoms with Crippen LogP contribution in [0.25, 0.3) is 0 Å². The van der Waals surface area contributed by atoms with Crippen molar-refractivity contribution in [3.8, 4) is 11.5 Å². The molecule has 6 nitrogen and oxygen atoms in total. The van der Waals surface area contributed by atoms with E-state index >= 15 is 0 Å². The number of carboxylic acids is 1. The largest absolute Gasteiger partial charge is 0.486 e. The van der Waals surface area contributed by atoms with E-state index in [-0.39, 0.29) is 11.5 Å². The van der Waals surface area contributed by atoms with Gasteiger partial charge in [-0.15, -0.1) is 0 Å². The molecule has 0 saturated heterocycles. The molecule has 1 aromatic carbocycles. The van der Waals surface area contributed by atoms with Crippen LogP contribution in [-0.2, 0) is 0 Å². The van der Waals surface area contributed by atoms with Crippen molar-refractivity contribution in [1.29, 1.82) is 0 Å². The van der Waals surface area contributed by atoms with Gasteiger partial charge in [0.25, 0.3) is 0 Å². The molecule has 2 aromatic rings. The molecular weight excluding hydrogens is 262 g/mol. The van der Waals surface area contributed by atoms with Crippen LogP contribution in [0, 0.1) is 0 Å². The van der Waals surface area contributed by atoms with Gasteiger partial charge in [0.05, 0.1) is 0 Å². The summed E-state index contributed by atoms with van der Waals surface area (Å²) in [5.74, 6) is -0.249. The Morgan fingerprint density at radius 1 is 1.05 bits per heavy atom. The third-order valence-electron chi connectivity index (χ3n) is 2.98. The first-order valence-electron chi connectivity index (χ1n) is 6.01. The number of carboxylic acid groups (broad SMARTS) is 1. The Morgan fingerprint density at radius 3 is 2.50 bits per heavy atom. The number of ether oxygens (including phenoxy) is 2. The van der Waals surface area contributed by atoms with Gasteiger partial charge in [0.15, 0.2) is 17.3 Å². The SMILES string of the molecule is O=C(c1c[nH]c(C(=O)O)c1)c1ccc2c(c1)OCCO2. The molecule has 0 bridgehead atoms. The molecule has 0 atom stereocenters. The Bertz CT molecular complexity index is 689. The number of hydrogen-bond donors (Lipinski definition) is 2. The maximum atomic E-state index is 12.3. The lowest BCUT2D eigenvalue weighted by atomic mass is 10.1. The number of H-pyrrole nitrogens is 1. The Balaban J connectivity index is 1.91. The number of hydrogen-bond acceptors (Lipinski definition) is 4. The van der Waals surface area contributed by atoms with Gasteiger partial charge < -0.3 is 19.6 Å². The molecule has 20 heavy (non-hydrogen) atoms. The molecular formula is C14H11NO5. The van der Waals surface area contributed by atoms with Gasteiger partial charge in [0.2, 0.25) is 0 Å². The monoisotopic (exact) mass is 273 g/mol. The molecule has 0 spiro atoms. The number of carbonyl (C=O) groups excluding carboxylic acids is 1. The second kappa shape index (κ2) is 4.73. The predicted octanol–water partition coefficient (Wildman–Crippen LogP) is 1.72. The van der Waals surface area contributed by atoms with Crippen LogP contribution in [0.2, 0.25) is 0 Å². The maximum Gasteiger partial charge on any atom is 0.352 e. The van der Waals surface area contributed by atoms with Gasteiger partial charge in [-0.3, -0.25) is 4.79 Å². The van der Waals surface area contributed by atoms with Gasteiger partial charge in [-0.2, -0.15) is 0 Å². The standard InChI is InChI=1S/C14H11NO5/c16-13(9-5-10(14(17)18)15-7-9)8-1-2-11-12(6-8)20-4-3-19-11/h1-2,5-7,15H,3-4H2,(H,17,18). The van der Waals surface area contributed by atoms with Crippen LogP contribution in [-0.4, -0.2) is 35.1 Å². The van der Waals surface area contributed by atoms with Crippen molar-refractivity contribution in [1.82, 2.24) is 4.98 Å². The summed E-state index contributed by atoms with van der Waals surface area (Å²) in [6, 6.07) is 6.21. The highest BCUT2D eigenvalue weighted by Gasteiger charge is 2.18. The van der Waals surface area contributed by atoms with E-state index in [1.165, 1.54) is 12.3 Å². The Labute approximate surface area is 113 Å². The van der Waals surface area contributed by atoms with E-state index in [0.29, 0.717) is 35.8 Å². The molecule has 0 radical (unpaired) electrons. The molecule has 1 aliphatic heterocycles. The summed E-state index contributed by atoms with van der Waals surface area (Å²) in [5.41, 5.74) is 0.690. The number of aromatic nitrogens is 1. The van der Waals surface area contributed by atoms with Crippen molar-refractivity contribution in [2.24, 2.45) is 0 Å². The van der Waals surface area contributed by atoms with E-state index in [1.54, 1.807) is 18.2 Å². The van der Waals surface area contributed by atoms with Crippen molar-refractivity contribution in [3.63, 3.8) is 0 Å². The minimum Gasteiger partial charge on any atom is -0.486 e. The highest BCUT2D eigenvalue weighted by molar-refractivity contribution is 6.10. The fourth-order valence-corrected chi connectivity index (χ4v) is 2.00. The maximum absolute atomic E-state index is 12.3. The number of carbonyl (C=O) groups is 2. The molecule has 2 heterocycles. The highest BCUT2D eigenvalue weighted by Crippen LogP contribution is 2.31. The van der Waals surface area contributed by atoms with E-state index in [2.05, 4.69) is 4.98 Å². The lowest BCUT2D eigenvalue weighted by molar-refractivity contribution is 0.0691. The van der Waals surface area contributed by atoms with E-state index in [4.69, 9.17) is 14.6 Å². The molecule has 0 amide bonds. The summed E-state index contributed by atoms with van der Waals surface area (Å²) in [5, 5.41) is 8.83. The van der Waals surface area contributed by atoms with Gasteiger partial charge in [-0.05, 0) is 24.3 Å². The fourth-order valence-electron chi connectivity index (χ4n) is 2.00. The predicted molar refractivity (Wildman–Crippen MR) is 68.6 cm³/mol. The smallest absolute Gasteiger partial charge is 0.352 e. The van der Waals surface area contributed by atoms with Gasteiger partial charge in [0, 0.05) is 17.3 Å². The zero-order chi connectivity index (χ0) is 14.1. The topological polar surface area (TPSA) is 88.6 Å². The van der Waals surface area contributed by atoms with Crippen molar-refractivity contribution in [2.45, 2.75) is 0 Å². The number of aromatic amines is 1. The van der Waals surface area contributed by atoms with Crippen LogP contribution in [0.4, 0.5) is 0 Å². The van der Waals surface area contributed by atoms with Crippen molar-refractivity contribution < 1.29 is 24.2 Å². The van der Waals surface area contributed by atoms with Crippen LogP contribution >= 0.6 is 0 Å². The number of nitrogens with one attached hydrogen (secondary N) is 1. The Morgan fingerprint density at radius 2 is 1.80 bits per heavy atom. The number of ketones is 1. The average Bonchev–Trinajstić information content (AvgIpc) is 2.96. The molecule has 0 saturated carbocycles. The summed E-state index contributed by atoms with van der Waals surface area (Å²) in [7, 11) is 0. The lowest BCUT2D eigenvalue weighted by Gasteiger charge is -2.18. The van der Waals surface area contributed by atoms with Gasteiger partial charge in [-0.1, -0.05) is 0 Å². The molecule has 0 fully saturated rings. The number of fused-ring (bicyclic) bond motifs is 1. The first-order valence-corrected chi connectivity index (χ1v) is 6.01. The minimum absolute atomic E-state index is 0.0223. The number of aromatic carboxylic acids is 1. The normalized spacial score (nSPS) is 13.0. The Hall–Kier alpha value is -2.76. The summed E-state index contributed by atoms with van der Waals surface area (Å²) in [6.07, 6.45) is 1.38. The fraction of sp³-hybridized carbons (Fsp3) is 0.143. The summed E-state index contributed by atoms with van der Waals surface area (Å²) in [6.45, 7) is 0.929. The highest BCUT2D eigenvalue weighted by atomic mass is 16.6. The minimum atomic E-state index is -1.11. The van der Waals surface area contributed by atoms with E-state index in [1.807, 2.05) is 0 Å². The summed E-state index contributed by atoms with van der Waals surface area (Å²) >= 11 is 0. The van der Waals surface area contributed by atoms with E-state index in [0.717, 1.165) is 0 Å². The third kappa shape index (κ3) is 2.11. The molecule has 2 N–H and O–H groups in total. The van der Waals surface area contributed by atoms with Gasteiger partial charge in [0.1, 0.15) is 18.9 Å². The van der Waals surface area contributed by atoms with Crippen LogP contribution in [0.5, 0.6) is 11.5 Å². The molecule has 0 aliphatic carbocycles. The summed E-state index contributed by atoms with van der Waals surface area (Å²) < 4.78 is 10.8. The third-order valence-corrected chi connectivity index (χ3v) is 2.98. The van der Waals surface area contributed by atoms with Crippen LogP contribution in [0.3, 0.4) is 0 Å². The zero-order valence-electron chi connectivity index (χ0n) is 10.4. The second-order valence-corrected chi connectivity index (χ2v) is 4.29. The van der Waals surface area contributed by atoms with Gasteiger partial charge in [-0.25, -0.2) is 4.79 Å². The van der Waals surface area contributed by atoms with Crippen LogP contribution in [0.15, 0.2) is 30.5 Å². The Kier molecular flexibility index (Phi) is 2.90. The first kappa shape index (κ1) is 12.3. The quantitative estimate of drug-likeness (QED) is 0.831. The zero-order valence-corrected chi connectivity index (χ0v) is 10.4. The summed E-state index contributed by atoms with van der Waals surface area (Å²) in [4.78, 5) is 25.6. The van der Waals surface area contributed by atoms with Crippen LogP contribution in [0.1, 0.15) is 26.4 Å². The van der Waals surface area contributed by atoms with Crippen molar-refractivity contribution in [3.05, 3.63) is 47.3 Å². The molecule has 3 rings (SSSR count). The number of rotatable bonds is 3. The van der Waals surface area contributed by atoms with E-state index in [9.17, 15) is 9.59 Å². The molecule has 0 unspecified atom stereocenters. The first-order chi connectivity index (χ1) is 9.65. The van der Waals surface area contributed by atoms with Crippen LogP contribution < -0.4 is 9.47 Å². The number of benzene rings is 1. The van der Waals surface area contributed by atoms with Gasteiger partial charge >= 0.3 is 5.97 Å². The molecule has 6 heteroatoms. The van der Waals surface area contributed by atoms with Crippen molar-refractivity contribution in [2.75, 3.05) is 13.2 Å². The second-order valence-electron chi connectivity index (χ2n) is 4.29. The molecule has 1 aliphatic rings. The molecule has 1 aromatic heterocycles. The van der Waals surface area contributed by atoms with E-state index < -0.39 is 5.97 Å². The van der Waals surface area contributed by atoms with Crippen molar-refractivity contribution >= 4 is 11.8 Å². The molecule has 102 valence electrons. The average molecular weight is 273 g/mol.